The van der Waals surface area contributed by atoms with Crippen molar-refractivity contribution in [3.05, 3.63) is 11.7 Å². The summed E-state index contributed by atoms with van der Waals surface area (Å²) in [4.78, 5) is 31.3. The fraction of sp³-hybridized carbons (Fsp3) is 0.750. The number of Topliss-reactive ketones (excluding diaryl/α,β-unsaturated/α-hetero) is 1. The number of nitrogens with zero attached hydrogens (tertiary/aromatic N) is 3. The second-order valence-electron chi connectivity index (χ2n) is 6.29. The van der Waals surface area contributed by atoms with Crippen molar-refractivity contribution in [2.75, 3.05) is 19.8 Å². The molecule has 7 nitrogen and oxygen atoms in total. The van der Waals surface area contributed by atoms with Crippen LogP contribution < -0.4 is 0 Å². The van der Waals surface area contributed by atoms with Crippen LogP contribution >= 0.6 is 0 Å². The maximum Gasteiger partial charge on any atom is 0.290 e. The standard InChI is InChI=1S/C16H23N3O4/c1-11-17-15(18-23-11)13-5-3-2-4-8-19(13)16(21)14(20)12-6-9-22-10-7-12/h12-13H,2-10H2,1H3. The number of carbonyl (C=O) groups is 2. The molecule has 0 spiro atoms. The van der Waals surface area contributed by atoms with Crippen molar-refractivity contribution in [2.24, 2.45) is 5.92 Å². The zero-order valence-corrected chi connectivity index (χ0v) is 13.5. The van der Waals surface area contributed by atoms with Crippen molar-refractivity contribution in [3.8, 4) is 0 Å². The highest BCUT2D eigenvalue weighted by atomic mass is 16.5. The normalized spacial score (nSPS) is 23.5. The number of aryl methyl sites for hydroxylation is 1. The fourth-order valence-electron chi connectivity index (χ4n) is 3.35. The summed E-state index contributed by atoms with van der Waals surface area (Å²) in [6.07, 6.45) is 4.97. The minimum atomic E-state index is -0.397. The first kappa shape index (κ1) is 16.1. The third-order valence-corrected chi connectivity index (χ3v) is 4.66. The Hall–Kier alpha value is -1.76. The first-order valence-electron chi connectivity index (χ1n) is 8.39. The van der Waals surface area contributed by atoms with Gasteiger partial charge in [-0.25, -0.2) is 0 Å². The molecule has 0 N–H and O–H groups in total. The molecule has 1 atom stereocenters. The topological polar surface area (TPSA) is 85.5 Å². The summed E-state index contributed by atoms with van der Waals surface area (Å²) >= 11 is 0. The Balaban J connectivity index is 1.78. The number of hydrogen-bond acceptors (Lipinski definition) is 6. The van der Waals surface area contributed by atoms with Gasteiger partial charge in [0.25, 0.3) is 5.91 Å². The van der Waals surface area contributed by atoms with Crippen LogP contribution in [0.1, 0.15) is 56.3 Å². The maximum atomic E-state index is 12.8. The SMILES string of the molecule is Cc1nc(C2CCCCCN2C(=O)C(=O)C2CCOCC2)no1. The number of hydrogen-bond donors (Lipinski definition) is 0. The van der Waals surface area contributed by atoms with E-state index in [9.17, 15) is 9.59 Å². The van der Waals surface area contributed by atoms with Crippen molar-refractivity contribution in [1.29, 1.82) is 0 Å². The highest BCUT2D eigenvalue weighted by Gasteiger charge is 2.36. The summed E-state index contributed by atoms with van der Waals surface area (Å²) < 4.78 is 10.3. The van der Waals surface area contributed by atoms with E-state index in [-0.39, 0.29) is 17.7 Å². The molecule has 23 heavy (non-hydrogen) atoms. The molecule has 7 heteroatoms. The van der Waals surface area contributed by atoms with Crippen LogP contribution in [-0.2, 0) is 14.3 Å². The molecule has 126 valence electrons. The molecular weight excluding hydrogens is 298 g/mol. The van der Waals surface area contributed by atoms with E-state index in [1.807, 2.05) is 0 Å². The van der Waals surface area contributed by atoms with Crippen LogP contribution in [0.3, 0.4) is 0 Å². The number of amides is 1. The summed E-state index contributed by atoms with van der Waals surface area (Å²) in [6.45, 7) is 3.41. The molecule has 3 rings (SSSR count). The molecule has 0 aromatic carbocycles. The van der Waals surface area contributed by atoms with E-state index in [1.165, 1.54) is 0 Å². The highest BCUT2D eigenvalue weighted by Crippen LogP contribution is 2.29. The molecule has 0 radical (unpaired) electrons. The average Bonchev–Trinajstić information content (AvgIpc) is 2.86. The minimum Gasteiger partial charge on any atom is -0.381 e. The van der Waals surface area contributed by atoms with E-state index >= 15 is 0 Å². The third kappa shape index (κ3) is 3.60. The molecule has 0 saturated carbocycles. The van der Waals surface area contributed by atoms with E-state index in [1.54, 1.807) is 11.8 Å². The predicted octanol–water partition coefficient (Wildman–Crippen LogP) is 1.82. The molecular formula is C16H23N3O4. The Morgan fingerprint density at radius 1 is 1.13 bits per heavy atom. The Morgan fingerprint density at radius 2 is 1.91 bits per heavy atom. The van der Waals surface area contributed by atoms with Gasteiger partial charge in [0.15, 0.2) is 5.82 Å². The van der Waals surface area contributed by atoms with Crippen LogP contribution in [0.2, 0.25) is 0 Å². The molecule has 1 aromatic rings. The van der Waals surface area contributed by atoms with Gasteiger partial charge in [-0.15, -0.1) is 0 Å². The largest absolute Gasteiger partial charge is 0.381 e. The number of ether oxygens (including phenoxy) is 1. The Bertz CT molecular complexity index is 565. The van der Waals surface area contributed by atoms with Crippen molar-refractivity contribution in [3.63, 3.8) is 0 Å². The van der Waals surface area contributed by atoms with Crippen LogP contribution in [0.25, 0.3) is 0 Å². The molecule has 1 amide bonds. The van der Waals surface area contributed by atoms with Gasteiger partial charge in [-0.05, 0) is 25.7 Å². The number of ketones is 1. The molecule has 2 saturated heterocycles. The van der Waals surface area contributed by atoms with Gasteiger partial charge in [0.2, 0.25) is 11.7 Å². The Morgan fingerprint density at radius 3 is 2.61 bits per heavy atom. The number of rotatable bonds is 3. The third-order valence-electron chi connectivity index (χ3n) is 4.66. The molecule has 0 bridgehead atoms. The summed E-state index contributed by atoms with van der Waals surface area (Å²) in [7, 11) is 0. The lowest BCUT2D eigenvalue weighted by Crippen LogP contribution is -2.43. The zero-order chi connectivity index (χ0) is 16.2. The summed E-state index contributed by atoms with van der Waals surface area (Å²) in [5, 5.41) is 3.97. The van der Waals surface area contributed by atoms with Crippen LogP contribution in [0.5, 0.6) is 0 Å². The van der Waals surface area contributed by atoms with E-state index < -0.39 is 5.91 Å². The van der Waals surface area contributed by atoms with Crippen LogP contribution in [0.15, 0.2) is 4.52 Å². The van der Waals surface area contributed by atoms with Gasteiger partial charge in [-0.1, -0.05) is 18.0 Å². The number of likely N-dealkylation sites (tertiary alicyclic amines) is 1. The second-order valence-corrected chi connectivity index (χ2v) is 6.29. The lowest BCUT2D eigenvalue weighted by Gasteiger charge is -2.29. The number of carbonyl (C=O) groups excluding carboxylic acids is 2. The highest BCUT2D eigenvalue weighted by molar-refractivity contribution is 6.36. The lowest BCUT2D eigenvalue weighted by molar-refractivity contribution is -0.150. The molecule has 0 aliphatic carbocycles. The first-order valence-corrected chi connectivity index (χ1v) is 8.39. The zero-order valence-electron chi connectivity index (χ0n) is 13.5. The van der Waals surface area contributed by atoms with Gasteiger partial charge < -0.3 is 14.2 Å². The van der Waals surface area contributed by atoms with E-state index in [4.69, 9.17) is 9.26 Å². The molecule has 2 aliphatic heterocycles. The molecule has 3 heterocycles. The second kappa shape index (κ2) is 7.21. The monoisotopic (exact) mass is 321 g/mol. The van der Waals surface area contributed by atoms with Gasteiger partial charge in [0.1, 0.15) is 0 Å². The number of aromatic nitrogens is 2. The Kier molecular flexibility index (Phi) is 5.05. The summed E-state index contributed by atoms with van der Waals surface area (Å²) in [5.41, 5.74) is 0. The first-order chi connectivity index (χ1) is 11.2. The van der Waals surface area contributed by atoms with Crippen molar-refractivity contribution >= 4 is 11.7 Å². The lowest BCUT2D eigenvalue weighted by atomic mass is 9.94. The maximum absolute atomic E-state index is 12.8. The van der Waals surface area contributed by atoms with Crippen LogP contribution in [0, 0.1) is 12.8 Å². The van der Waals surface area contributed by atoms with Crippen LogP contribution in [-0.4, -0.2) is 46.5 Å². The van der Waals surface area contributed by atoms with Gasteiger partial charge in [-0.2, -0.15) is 4.98 Å². The Labute approximate surface area is 135 Å². The van der Waals surface area contributed by atoms with E-state index in [0.717, 1.165) is 25.7 Å². The summed E-state index contributed by atoms with van der Waals surface area (Å²) in [5.74, 6) is 0.0868. The van der Waals surface area contributed by atoms with Crippen molar-refractivity contribution < 1.29 is 18.8 Å². The molecule has 2 aliphatic rings. The van der Waals surface area contributed by atoms with Gasteiger partial charge in [0, 0.05) is 32.6 Å². The smallest absolute Gasteiger partial charge is 0.290 e. The van der Waals surface area contributed by atoms with Gasteiger partial charge >= 0.3 is 0 Å². The van der Waals surface area contributed by atoms with Gasteiger partial charge in [0.05, 0.1) is 6.04 Å². The van der Waals surface area contributed by atoms with Crippen LogP contribution in [0.4, 0.5) is 0 Å². The average molecular weight is 321 g/mol. The van der Waals surface area contributed by atoms with E-state index in [0.29, 0.717) is 44.3 Å². The summed E-state index contributed by atoms with van der Waals surface area (Å²) in [6, 6.07) is -0.258. The fourth-order valence-corrected chi connectivity index (χ4v) is 3.35. The quantitative estimate of drug-likeness (QED) is 0.789. The minimum absolute atomic E-state index is 0.216. The molecule has 1 aromatic heterocycles. The predicted molar refractivity (Wildman–Crippen MR) is 80.5 cm³/mol. The van der Waals surface area contributed by atoms with Crippen molar-refractivity contribution in [1.82, 2.24) is 15.0 Å². The van der Waals surface area contributed by atoms with Gasteiger partial charge in [-0.3, -0.25) is 9.59 Å². The van der Waals surface area contributed by atoms with Crippen molar-refractivity contribution in [2.45, 2.75) is 51.5 Å². The molecule has 1 unspecified atom stereocenters. The van der Waals surface area contributed by atoms with E-state index in [2.05, 4.69) is 10.1 Å². The molecule has 2 fully saturated rings.